The van der Waals surface area contributed by atoms with Crippen molar-refractivity contribution < 1.29 is 9.47 Å². The van der Waals surface area contributed by atoms with Gasteiger partial charge in [0.05, 0.1) is 6.61 Å². The summed E-state index contributed by atoms with van der Waals surface area (Å²) in [4.78, 5) is 0. The number of hydrogen-bond acceptors (Lipinski definition) is 3. The molecule has 0 atom stereocenters. The first-order valence-electron chi connectivity index (χ1n) is 7.22. The first kappa shape index (κ1) is 16.2. The van der Waals surface area contributed by atoms with Gasteiger partial charge in [-0.25, -0.2) is 0 Å². The van der Waals surface area contributed by atoms with Crippen molar-refractivity contribution in [3.8, 4) is 0 Å². The van der Waals surface area contributed by atoms with Crippen molar-refractivity contribution in [2.45, 2.75) is 39.3 Å². The van der Waals surface area contributed by atoms with Crippen molar-refractivity contribution in [2.24, 2.45) is 0 Å². The molecule has 0 spiro atoms. The van der Waals surface area contributed by atoms with E-state index >= 15 is 0 Å². The third-order valence-corrected chi connectivity index (χ3v) is 2.92. The standard InChI is InChI=1S/C16H27NO2/c1-3-4-10-19-11-6-9-17-13-15-7-5-8-16(12-15)14-18-2/h5,7-8,12,17H,3-4,6,9-11,13-14H2,1-2H3. The zero-order chi connectivity index (χ0) is 13.8. The van der Waals surface area contributed by atoms with E-state index in [1.807, 2.05) is 0 Å². The van der Waals surface area contributed by atoms with E-state index in [4.69, 9.17) is 9.47 Å². The fourth-order valence-corrected chi connectivity index (χ4v) is 1.88. The van der Waals surface area contributed by atoms with Crippen LogP contribution >= 0.6 is 0 Å². The lowest BCUT2D eigenvalue weighted by molar-refractivity contribution is 0.129. The largest absolute Gasteiger partial charge is 0.381 e. The number of unbranched alkanes of at least 4 members (excludes halogenated alkanes) is 1. The van der Waals surface area contributed by atoms with E-state index in [1.165, 1.54) is 24.0 Å². The van der Waals surface area contributed by atoms with Gasteiger partial charge in [-0.3, -0.25) is 0 Å². The van der Waals surface area contributed by atoms with Crippen molar-refractivity contribution in [3.63, 3.8) is 0 Å². The van der Waals surface area contributed by atoms with Crippen LogP contribution in [0.3, 0.4) is 0 Å². The smallest absolute Gasteiger partial charge is 0.0713 e. The number of nitrogens with one attached hydrogen (secondary N) is 1. The summed E-state index contributed by atoms with van der Waals surface area (Å²) < 4.78 is 10.7. The first-order valence-corrected chi connectivity index (χ1v) is 7.22. The minimum absolute atomic E-state index is 0.680. The zero-order valence-corrected chi connectivity index (χ0v) is 12.3. The van der Waals surface area contributed by atoms with Gasteiger partial charge >= 0.3 is 0 Å². The number of benzene rings is 1. The second-order valence-corrected chi connectivity index (χ2v) is 4.75. The van der Waals surface area contributed by atoms with Crippen molar-refractivity contribution in [2.75, 3.05) is 26.9 Å². The molecule has 3 nitrogen and oxygen atoms in total. The van der Waals surface area contributed by atoms with Crippen LogP contribution in [-0.2, 0) is 22.6 Å². The Morgan fingerprint density at radius 3 is 2.68 bits per heavy atom. The average molecular weight is 265 g/mol. The Bertz CT molecular complexity index is 328. The Balaban J connectivity index is 2.07. The Kier molecular flexibility index (Phi) is 9.33. The molecule has 0 unspecified atom stereocenters. The van der Waals surface area contributed by atoms with Gasteiger partial charge in [0.2, 0.25) is 0 Å². The summed E-state index contributed by atoms with van der Waals surface area (Å²) in [5.41, 5.74) is 2.53. The predicted molar refractivity (Wildman–Crippen MR) is 79.2 cm³/mol. The molecule has 0 heterocycles. The summed E-state index contributed by atoms with van der Waals surface area (Å²) in [5.74, 6) is 0. The van der Waals surface area contributed by atoms with Crippen LogP contribution in [0.1, 0.15) is 37.3 Å². The van der Waals surface area contributed by atoms with Gasteiger partial charge in [-0.05, 0) is 30.5 Å². The maximum atomic E-state index is 5.52. The second kappa shape index (κ2) is 11.0. The predicted octanol–water partition coefficient (Wildman–Crippen LogP) is 3.13. The van der Waals surface area contributed by atoms with Crippen molar-refractivity contribution in [1.82, 2.24) is 5.32 Å². The van der Waals surface area contributed by atoms with E-state index in [9.17, 15) is 0 Å². The Labute approximate surface area is 117 Å². The molecule has 3 heteroatoms. The normalized spacial score (nSPS) is 10.8. The molecule has 0 saturated carbocycles. The topological polar surface area (TPSA) is 30.5 Å². The lowest BCUT2D eigenvalue weighted by Crippen LogP contribution is -2.16. The van der Waals surface area contributed by atoms with E-state index < -0.39 is 0 Å². The Hall–Kier alpha value is -0.900. The number of ether oxygens (including phenoxy) is 2. The van der Waals surface area contributed by atoms with E-state index in [-0.39, 0.29) is 0 Å². The minimum Gasteiger partial charge on any atom is -0.381 e. The number of hydrogen-bond donors (Lipinski definition) is 1. The molecule has 0 aromatic heterocycles. The van der Waals surface area contributed by atoms with Gasteiger partial charge < -0.3 is 14.8 Å². The summed E-state index contributed by atoms with van der Waals surface area (Å²) in [6.07, 6.45) is 3.44. The van der Waals surface area contributed by atoms with Crippen LogP contribution in [0.5, 0.6) is 0 Å². The summed E-state index contributed by atoms with van der Waals surface area (Å²) in [6.45, 7) is 6.53. The van der Waals surface area contributed by atoms with Crippen LogP contribution in [-0.4, -0.2) is 26.9 Å². The summed E-state index contributed by atoms with van der Waals surface area (Å²) in [7, 11) is 1.73. The zero-order valence-electron chi connectivity index (χ0n) is 12.3. The fraction of sp³-hybridized carbons (Fsp3) is 0.625. The molecule has 1 aromatic rings. The molecular formula is C16H27NO2. The summed E-state index contributed by atoms with van der Waals surface area (Å²) >= 11 is 0. The average Bonchev–Trinajstić information content (AvgIpc) is 2.43. The molecule has 1 N–H and O–H groups in total. The van der Waals surface area contributed by atoms with Crippen LogP contribution in [0.4, 0.5) is 0 Å². The van der Waals surface area contributed by atoms with E-state index in [0.717, 1.165) is 32.7 Å². The van der Waals surface area contributed by atoms with Gasteiger partial charge in [-0.15, -0.1) is 0 Å². The maximum absolute atomic E-state index is 5.52. The molecule has 0 aliphatic rings. The van der Waals surface area contributed by atoms with Gasteiger partial charge in [0.15, 0.2) is 0 Å². The molecule has 0 aliphatic heterocycles. The Morgan fingerprint density at radius 2 is 1.89 bits per heavy atom. The highest BCUT2D eigenvalue weighted by Crippen LogP contribution is 2.06. The van der Waals surface area contributed by atoms with E-state index in [0.29, 0.717) is 6.61 Å². The van der Waals surface area contributed by atoms with Gasteiger partial charge in [-0.1, -0.05) is 37.6 Å². The third kappa shape index (κ3) is 7.98. The van der Waals surface area contributed by atoms with Crippen molar-refractivity contribution in [3.05, 3.63) is 35.4 Å². The van der Waals surface area contributed by atoms with E-state index in [1.54, 1.807) is 7.11 Å². The van der Waals surface area contributed by atoms with Crippen molar-refractivity contribution in [1.29, 1.82) is 0 Å². The number of rotatable bonds is 11. The molecule has 1 rings (SSSR count). The van der Waals surface area contributed by atoms with Crippen LogP contribution < -0.4 is 5.32 Å². The highest BCUT2D eigenvalue weighted by atomic mass is 16.5. The van der Waals surface area contributed by atoms with Crippen LogP contribution in [0.2, 0.25) is 0 Å². The second-order valence-electron chi connectivity index (χ2n) is 4.75. The molecule has 0 saturated heterocycles. The lowest BCUT2D eigenvalue weighted by atomic mass is 10.1. The first-order chi connectivity index (χ1) is 9.36. The minimum atomic E-state index is 0.680. The lowest BCUT2D eigenvalue weighted by Gasteiger charge is -2.07. The van der Waals surface area contributed by atoms with Gasteiger partial charge in [-0.2, -0.15) is 0 Å². The molecule has 108 valence electrons. The van der Waals surface area contributed by atoms with Crippen LogP contribution in [0.25, 0.3) is 0 Å². The molecule has 0 fully saturated rings. The maximum Gasteiger partial charge on any atom is 0.0713 e. The molecule has 1 aromatic carbocycles. The van der Waals surface area contributed by atoms with Gasteiger partial charge in [0.1, 0.15) is 0 Å². The van der Waals surface area contributed by atoms with Gasteiger partial charge in [0, 0.05) is 26.9 Å². The SMILES string of the molecule is CCCCOCCCNCc1cccc(COC)c1. The molecule has 0 amide bonds. The fourth-order valence-electron chi connectivity index (χ4n) is 1.88. The van der Waals surface area contributed by atoms with E-state index in [2.05, 4.69) is 36.5 Å². The highest BCUT2D eigenvalue weighted by molar-refractivity contribution is 5.22. The quantitative estimate of drug-likeness (QED) is 0.624. The molecule has 0 radical (unpaired) electrons. The Morgan fingerprint density at radius 1 is 1.11 bits per heavy atom. The van der Waals surface area contributed by atoms with Crippen LogP contribution in [0, 0.1) is 0 Å². The van der Waals surface area contributed by atoms with Crippen LogP contribution in [0.15, 0.2) is 24.3 Å². The van der Waals surface area contributed by atoms with Gasteiger partial charge in [0.25, 0.3) is 0 Å². The molecule has 0 aliphatic carbocycles. The molecule has 0 bridgehead atoms. The number of methoxy groups -OCH3 is 1. The highest BCUT2D eigenvalue weighted by Gasteiger charge is 1.96. The molecular weight excluding hydrogens is 238 g/mol. The van der Waals surface area contributed by atoms with Crippen molar-refractivity contribution >= 4 is 0 Å². The summed E-state index contributed by atoms with van der Waals surface area (Å²) in [5, 5.41) is 3.44. The monoisotopic (exact) mass is 265 g/mol. The summed E-state index contributed by atoms with van der Waals surface area (Å²) in [6, 6.07) is 8.51. The molecule has 19 heavy (non-hydrogen) atoms. The third-order valence-electron chi connectivity index (χ3n) is 2.92.